The molecule has 0 aliphatic heterocycles. The van der Waals surface area contributed by atoms with E-state index in [9.17, 15) is 0 Å². The van der Waals surface area contributed by atoms with Gasteiger partial charge in [-0.1, -0.05) is 206 Å². The van der Waals surface area contributed by atoms with E-state index in [2.05, 4.69) is 254 Å². The normalized spacial score (nSPS) is 11.3. The fourth-order valence-electron chi connectivity index (χ4n) is 8.95. The molecule has 1 heteroatoms. The molecule has 0 bridgehead atoms. The van der Waals surface area contributed by atoms with Crippen LogP contribution in [0.15, 0.2) is 249 Å². The summed E-state index contributed by atoms with van der Waals surface area (Å²) in [4.78, 5) is 2.38. The average molecular weight is 776 g/mol. The van der Waals surface area contributed by atoms with Gasteiger partial charge in [0, 0.05) is 17.1 Å². The maximum Gasteiger partial charge on any atom is 0.0468 e. The largest absolute Gasteiger partial charge is 0.310 e. The summed E-state index contributed by atoms with van der Waals surface area (Å²) < 4.78 is 0. The van der Waals surface area contributed by atoms with Crippen molar-refractivity contribution in [2.45, 2.75) is 0 Å². The Kier molecular flexibility index (Phi) is 9.26. The molecule has 0 fully saturated rings. The molecule has 0 unspecified atom stereocenters. The number of anilines is 3. The molecule has 0 saturated heterocycles. The van der Waals surface area contributed by atoms with E-state index in [0.717, 1.165) is 17.1 Å². The summed E-state index contributed by atoms with van der Waals surface area (Å²) >= 11 is 0. The van der Waals surface area contributed by atoms with Gasteiger partial charge in [0.1, 0.15) is 0 Å². The molecule has 286 valence electrons. The van der Waals surface area contributed by atoms with Crippen LogP contribution in [-0.2, 0) is 0 Å². The minimum Gasteiger partial charge on any atom is -0.310 e. The van der Waals surface area contributed by atoms with Crippen molar-refractivity contribution in [2.75, 3.05) is 4.90 Å². The smallest absolute Gasteiger partial charge is 0.0468 e. The molecular formula is C60H41N. The molecule has 0 aliphatic carbocycles. The highest BCUT2D eigenvalue weighted by atomic mass is 15.1. The van der Waals surface area contributed by atoms with Crippen LogP contribution in [-0.4, -0.2) is 0 Å². The van der Waals surface area contributed by atoms with Gasteiger partial charge < -0.3 is 4.90 Å². The molecule has 0 radical (unpaired) electrons. The lowest BCUT2D eigenvalue weighted by Crippen LogP contribution is -2.10. The molecule has 11 aromatic carbocycles. The summed E-state index contributed by atoms with van der Waals surface area (Å²) in [6, 6.07) is 90.5. The van der Waals surface area contributed by atoms with Crippen molar-refractivity contribution in [2.24, 2.45) is 0 Å². The quantitative estimate of drug-likeness (QED) is 0.139. The highest BCUT2D eigenvalue weighted by Crippen LogP contribution is 2.42. The lowest BCUT2D eigenvalue weighted by Gasteiger charge is -2.26. The van der Waals surface area contributed by atoms with Crippen LogP contribution in [0, 0.1) is 0 Å². The zero-order valence-electron chi connectivity index (χ0n) is 33.6. The summed E-state index contributed by atoms with van der Waals surface area (Å²) in [5.41, 5.74) is 15.3. The average Bonchev–Trinajstić information content (AvgIpc) is 3.35. The molecule has 0 N–H and O–H groups in total. The molecule has 0 aliphatic rings. The maximum absolute atomic E-state index is 2.38. The second-order valence-corrected chi connectivity index (χ2v) is 15.7. The van der Waals surface area contributed by atoms with E-state index in [0.29, 0.717) is 0 Å². The van der Waals surface area contributed by atoms with Gasteiger partial charge in [0.25, 0.3) is 0 Å². The van der Waals surface area contributed by atoms with Crippen molar-refractivity contribution in [3.63, 3.8) is 0 Å². The molecule has 1 nitrogen and oxygen atoms in total. The summed E-state index contributed by atoms with van der Waals surface area (Å²) in [7, 11) is 0. The molecule has 0 spiro atoms. The summed E-state index contributed by atoms with van der Waals surface area (Å²) in [6.45, 7) is 0. The van der Waals surface area contributed by atoms with E-state index < -0.39 is 0 Å². The summed E-state index contributed by atoms with van der Waals surface area (Å²) in [6.07, 6.45) is 0. The molecule has 11 aromatic rings. The third-order valence-corrected chi connectivity index (χ3v) is 12.1. The first-order chi connectivity index (χ1) is 30.2. The van der Waals surface area contributed by atoms with E-state index >= 15 is 0 Å². The van der Waals surface area contributed by atoms with E-state index in [1.165, 1.54) is 88.0 Å². The Morgan fingerprint density at radius 3 is 1.30 bits per heavy atom. The van der Waals surface area contributed by atoms with E-state index in [1.54, 1.807) is 0 Å². The van der Waals surface area contributed by atoms with Crippen LogP contribution in [0.1, 0.15) is 0 Å². The van der Waals surface area contributed by atoms with E-state index in [1.807, 2.05) is 0 Å². The van der Waals surface area contributed by atoms with Crippen LogP contribution in [0.4, 0.5) is 17.1 Å². The van der Waals surface area contributed by atoms with Gasteiger partial charge in [-0.2, -0.15) is 0 Å². The molecule has 11 rings (SSSR count). The van der Waals surface area contributed by atoms with E-state index in [4.69, 9.17) is 0 Å². The van der Waals surface area contributed by atoms with Gasteiger partial charge in [0.15, 0.2) is 0 Å². The molecule has 0 amide bonds. The predicted octanol–water partition coefficient (Wildman–Crippen LogP) is 17.0. The third kappa shape index (κ3) is 6.93. The second-order valence-electron chi connectivity index (χ2n) is 15.7. The Balaban J connectivity index is 1.02. The Morgan fingerprint density at radius 1 is 0.197 bits per heavy atom. The molecule has 0 saturated carbocycles. The number of rotatable bonds is 8. The van der Waals surface area contributed by atoms with Gasteiger partial charge >= 0.3 is 0 Å². The van der Waals surface area contributed by atoms with Crippen LogP contribution < -0.4 is 4.90 Å². The van der Waals surface area contributed by atoms with Crippen molar-refractivity contribution in [3.05, 3.63) is 249 Å². The third-order valence-electron chi connectivity index (χ3n) is 12.1. The molecule has 0 heterocycles. The number of nitrogens with zero attached hydrogens (tertiary/aromatic N) is 1. The Hall–Kier alpha value is -8.00. The molecule has 0 aromatic heterocycles. The SMILES string of the molecule is c1ccc(-c2ccc(N(c3ccc(-c4cc(-c5ccccc5)ccc4-c4ccc(-c5cccc6ccccc56)cc4)cc3)c3ccc4ccc5ccccc5c4c3)cc2)cc1. The highest BCUT2D eigenvalue weighted by molar-refractivity contribution is 6.09. The standard InChI is InChI=1S/C60H41N/c1-3-12-42(13-4-1)44-28-34-52(35-29-44)61(54-38-32-49-27-22-46-17-8-10-20-57(46)60(49)41-54)53-36-30-50(31-37-53)59-40-51(43-14-5-2-6-15-43)33-39-58(59)48-25-23-47(24-26-48)56-21-11-18-45-16-7-9-19-55(45)56/h1-41H. The Labute approximate surface area is 357 Å². The first-order valence-corrected chi connectivity index (χ1v) is 21.0. The fourth-order valence-corrected chi connectivity index (χ4v) is 8.95. The van der Waals surface area contributed by atoms with Crippen LogP contribution in [0.3, 0.4) is 0 Å². The van der Waals surface area contributed by atoms with Gasteiger partial charge in [0.2, 0.25) is 0 Å². The van der Waals surface area contributed by atoms with Crippen LogP contribution in [0.5, 0.6) is 0 Å². The lowest BCUT2D eigenvalue weighted by molar-refractivity contribution is 1.29. The predicted molar refractivity (Wildman–Crippen MR) is 261 cm³/mol. The number of hydrogen-bond donors (Lipinski definition) is 0. The van der Waals surface area contributed by atoms with Gasteiger partial charge in [-0.3, -0.25) is 0 Å². The monoisotopic (exact) mass is 775 g/mol. The zero-order chi connectivity index (χ0) is 40.5. The van der Waals surface area contributed by atoms with Gasteiger partial charge in [0.05, 0.1) is 0 Å². The van der Waals surface area contributed by atoms with Gasteiger partial charge in [-0.05, 0) is 130 Å². The maximum atomic E-state index is 2.38. The minimum absolute atomic E-state index is 1.09. The lowest BCUT2D eigenvalue weighted by atomic mass is 9.90. The van der Waals surface area contributed by atoms with Crippen molar-refractivity contribution in [1.29, 1.82) is 0 Å². The van der Waals surface area contributed by atoms with Gasteiger partial charge in [-0.15, -0.1) is 0 Å². The Morgan fingerprint density at radius 2 is 0.623 bits per heavy atom. The van der Waals surface area contributed by atoms with Crippen LogP contribution in [0.25, 0.3) is 88.0 Å². The first-order valence-electron chi connectivity index (χ1n) is 21.0. The second kappa shape index (κ2) is 15.6. The number of hydrogen-bond acceptors (Lipinski definition) is 1. The van der Waals surface area contributed by atoms with Crippen molar-refractivity contribution in [1.82, 2.24) is 0 Å². The molecular weight excluding hydrogens is 735 g/mol. The Bertz CT molecular complexity index is 3310. The van der Waals surface area contributed by atoms with Gasteiger partial charge in [-0.25, -0.2) is 0 Å². The molecule has 0 atom stereocenters. The summed E-state index contributed by atoms with van der Waals surface area (Å²) in [5.74, 6) is 0. The topological polar surface area (TPSA) is 3.24 Å². The number of fused-ring (bicyclic) bond motifs is 4. The van der Waals surface area contributed by atoms with Crippen molar-refractivity contribution in [3.8, 4) is 55.6 Å². The minimum atomic E-state index is 1.09. The highest BCUT2D eigenvalue weighted by Gasteiger charge is 2.17. The number of benzene rings is 11. The first kappa shape index (κ1) is 36.1. The zero-order valence-corrected chi connectivity index (χ0v) is 33.6. The summed E-state index contributed by atoms with van der Waals surface area (Å²) in [5, 5.41) is 7.49. The molecule has 61 heavy (non-hydrogen) atoms. The van der Waals surface area contributed by atoms with Crippen LogP contribution >= 0.6 is 0 Å². The van der Waals surface area contributed by atoms with E-state index in [-0.39, 0.29) is 0 Å². The van der Waals surface area contributed by atoms with Crippen LogP contribution in [0.2, 0.25) is 0 Å². The van der Waals surface area contributed by atoms with Crippen molar-refractivity contribution < 1.29 is 0 Å². The van der Waals surface area contributed by atoms with Crippen molar-refractivity contribution >= 4 is 49.4 Å². The fraction of sp³-hybridized carbons (Fsp3) is 0.